The Morgan fingerprint density at radius 1 is 1.22 bits per heavy atom. The maximum atomic E-state index is 12.9. The standard InChI is InChI=1S/C20H24N2O5/c1-12(2)10-22-13(3)18(20(25)26-4)16(19(22)24)9-14-5-7-15(8-6-14)27-11-17(21)23/h5-9,12H,10-11H2,1-4H3,(H2,21,23)/b16-9-. The summed E-state index contributed by atoms with van der Waals surface area (Å²) in [7, 11) is 1.29. The average molecular weight is 372 g/mol. The molecule has 2 N–H and O–H groups in total. The molecule has 2 rings (SSSR count). The normalized spacial score (nSPS) is 15.7. The lowest BCUT2D eigenvalue weighted by Crippen LogP contribution is -2.28. The Bertz CT molecular complexity index is 806. The lowest BCUT2D eigenvalue weighted by molar-refractivity contribution is -0.136. The van der Waals surface area contributed by atoms with Gasteiger partial charge in [0.15, 0.2) is 6.61 Å². The summed E-state index contributed by atoms with van der Waals surface area (Å²) in [6.07, 6.45) is 1.65. The lowest BCUT2D eigenvalue weighted by Gasteiger charge is -2.19. The van der Waals surface area contributed by atoms with Gasteiger partial charge in [-0.25, -0.2) is 4.79 Å². The molecule has 0 bridgehead atoms. The van der Waals surface area contributed by atoms with E-state index in [1.807, 2.05) is 13.8 Å². The van der Waals surface area contributed by atoms with Crippen molar-refractivity contribution in [3.63, 3.8) is 0 Å². The molecule has 1 aliphatic heterocycles. The molecule has 27 heavy (non-hydrogen) atoms. The quantitative estimate of drug-likeness (QED) is 0.582. The van der Waals surface area contributed by atoms with E-state index in [1.54, 1.807) is 42.2 Å². The Hall–Kier alpha value is -3.09. The Morgan fingerprint density at radius 2 is 1.85 bits per heavy atom. The van der Waals surface area contributed by atoms with E-state index >= 15 is 0 Å². The van der Waals surface area contributed by atoms with Gasteiger partial charge in [-0.2, -0.15) is 0 Å². The molecule has 0 radical (unpaired) electrons. The summed E-state index contributed by atoms with van der Waals surface area (Å²) in [6.45, 7) is 6.06. The minimum atomic E-state index is -0.564. The number of amides is 2. The minimum absolute atomic E-state index is 0.211. The van der Waals surface area contributed by atoms with Crippen LogP contribution in [0.3, 0.4) is 0 Å². The summed E-state index contributed by atoms with van der Waals surface area (Å²) in [4.78, 5) is 37.5. The molecule has 144 valence electrons. The number of benzene rings is 1. The van der Waals surface area contributed by atoms with E-state index in [-0.39, 0.29) is 24.0 Å². The first-order valence-corrected chi connectivity index (χ1v) is 8.58. The first kappa shape index (κ1) is 20.2. The van der Waals surface area contributed by atoms with Crippen molar-refractivity contribution in [3.8, 4) is 5.75 Å². The molecule has 1 heterocycles. The van der Waals surface area contributed by atoms with E-state index in [1.165, 1.54) is 7.11 Å². The second kappa shape index (κ2) is 8.53. The maximum absolute atomic E-state index is 12.9. The average Bonchev–Trinajstić information content (AvgIpc) is 2.84. The third-order valence-corrected chi connectivity index (χ3v) is 4.02. The number of methoxy groups -OCH3 is 1. The molecule has 0 spiro atoms. The van der Waals surface area contributed by atoms with Gasteiger partial charge in [0.2, 0.25) is 0 Å². The van der Waals surface area contributed by atoms with E-state index in [0.29, 0.717) is 29.1 Å². The summed E-state index contributed by atoms with van der Waals surface area (Å²) < 4.78 is 10.1. The van der Waals surface area contributed by atoms with Crippen molar-refractivity contribution < 1.29 is 23.9 Å². The molecule has 2 amide bonds. The molecular weight excluding hydrogens is 348 g/mol. The van der Waals surface area contributed by atoms with E-state index in [0.717, 1.165) is 0 Å². The smallest absolute Gasteiger partial charge is 0.340 e. The van der Waals surface area contributed by atoms with E-state index in [4.69, 9.17) is 15.2 Å². The number of nitrogens with two attached hydrogens (primary N) is 1. The van der Waals surface area contributed by atoms with Gasteiger partial charge in [0.05, 0.1) is 18.3 Å². The van der Waals surface area contributed by atoms with Crippen LogP contribution in [0.5, 0.6) is 5.75 Å². The predicted molar refractivity (Wildman–Crippen MR) is 100 cm³/mol. The molecule has 0 unspecified atom stereocenters. The van der Waals surface area contributed by atoms with Crippen LogP contribution < -0.4 is 10.5 Å². The van der Waals surface area contributed by atoms with E-state index in [2.05, 4.69) is 0 Å². The predicted octanol–water partition coefficient (Wildman–Crippen LogP) is 1.88. The minimum Gasteiger partial charge on any atom is -0.484 e. The van der Waals surface area contributed by atoms with E-state index in [9.17, 15) is 14.4 Å². The summed E-state index contributed by atoms with van der Waals surface area (Å²) in [5.74, 6) is -0.597. The molecular formula is C20H24N2O5. The van der Waals surface area contributed by atoms with Gasteiger partial charge in [-0.05, 0) is 36.6 Å². The zero-order valence-corrected chi connectivity index (χ0v) is 15.9. The second-order valence-electron chi connectivity index (χ2n) is 6.64. The van der Waals surface area contributed by atoms with Gasteiger partial charge in [0.1, 0.15) is 5.75 Å². The molecule has 7 nitrogen and oxygen atoms in total. The zero-order chi connectivity index (χ0) is 20.1. The molecule has 1 aromatic carbocycles. The summed E-state index contributed by atoms with van der Waals surface area (Å²) in [5, 5.41) is 0. The first-order valence-electron chi connectivity index (χ1n) is 8.58. The lowest BCUT2D eigenvalue weighted by atomic mass is 10.0. The van der Waals surface area contributed by atoms with Crippen LogP contribution in [0.4, 0.5) is 0 Å². The van der Waals surface area contributed by atoms with Crippen molar-refractivity contribution in [2.75, 3.05) is 20.3 Å². The van der Waals surface area contributed by atoms with Crippen molar-refractivity contribution in [3.05, 3.63) is 46.7 Å². The van der Waals surface area contributed by atoms with Crippen LogP contribution in [0.15, 0.2) is 41.1 Å². The summed E-state index contributed by atoms with van der Waals surface area (Å²) >= 11 is 0. The Kier molecular flexibility index (Phi) is 6.39. The molecule has 0 saturated heterocycles. The number of hydrogen-bond donors (Lipinski definition) is 1. The van der Waals surface area contributed by atoms with Crippen LogP contribution in [-0.4, -0.2) is 42.9 Å². The van der Waals surface area contributed by atoms with E-state index < -0.39 is 11.9 Å². The molecule has 0 fully saturated rings. The van der Waals surface area contributed by atoms with Gasteiger partial charge < -0.3 is 20.1 Å². The topological polar surface area (TPSA) is 98.9 Å². The number of ether oxygens (including phenoxy) is 2. The first-order chi connectivity index (χ1) is 12.7. The van der Waals surface area contributed by atoms with Crippen LogP contribution in [0.25, 0.3) is 6.08 Å². The van der Waals surface area contributed by atoms with Crippen molar-refractivity contribution in [2.45, 2.75) is 20.8 Å². The highest BCUT2D eigenvalue weighted by Gasteiger charge is 2.37. The fourth-order valence-electron chi connectivity index (χ4n) is 2.79. The fourth-order valence-corrected chi connectivity index (χ4v) is 2.79. The Morgan fingerprint density at radius 3 is 2.37 bits per heavy atom. The van der Waals surface area contributed by atoms with Gasteiger partial charge in [0.25, 0.3) is 11.8 Å². The molecule has 0 aromatic heterocycles. The summed E-state index contributed by atoms with van der Waals surface area (Å²) in [6, 6.07) is 6.78. The number of allylic oxidation sites excluding steroid dienone is 1. The summed E-state index contributed by atoms with van der Waals surface area (Å²) in [5.41, 5.74) is 6.92. The van der Waals surface area contributed by atoms with Crippen LogP contribution >= 0.6 is 0 Å². The SMILES string of the molecule is COC(=O)C1=C(C)N(CC(C)C)C(=O)/C1=C\c1ccc(OCC(N)=O)cc1. The number of nitrogens with zero attached hydrogens (tertiary/aromatic N) is 1. The monoisotopic (exact) mass is 372 g/mol. The van der Waals surface area contributed by atoms with Crippen LogP contribution in [-0.2, 0) is 19.1 Å². The Balaban J connectivity index is 2.35. The number of hydrogen-bond acceptors (Lipinski definition) is 5. The van der Waals surface area contributed by atoms with Crippen molar-refractivity contribution in [1.29, 1.82) is 0 Å². The van der Waals surface area contributed by atoms with Crippen molar-refractivity contribution in [1.82, 2.24) is 4.90 Å². The van der Waals surface area contributed by atoms with Crippen LogP contribution in [0.1, 0.15) is 26.3 Å². The number of rotatable bonds is 7. The van der Waals surface area contributed by atoms with Gasteiger partial charge >= 0.3 is 5.97 Å². The number of carbonyl (C=O) groups is 3. The number of esters is 1. The number of primary amides is 1. The molecule has 1 aliphatic rings. The van der Waals surface area contributed by atoms with Crippen LogP contribution in [0, 0.1) is 5.92 Å². The van der Waals surface area contributed by atoms with Gasteiger partial charge in [-0.15, -0.1) is 0 Å². The van der Waals surface area contributed by atoms with Gasteiger partial charge in [-0.1, -0.05) is 26.0 Å². The highest BCUT2D eigenvalue weighted by atomic mass is 16.5. The molecule has 7 heteroatoms. The van der Waals surface area contributed by atoms with Gasteiger partial charge in [-0.3, -0.25) is 9.59 Å². The zero-order valence-electron chi connectivity index (χ0n) is 15.9. The largest absolute Gasteiger partial charge is 0.484 e. The van der Waals surface area contributed by atoms with Crippen molar-refractivity contribution in [2.24, 2.45) is 11.7 Å². The maximum Gasteiger partial charge on any atom is 0.340 e. The highest BCUT2D eigenvalue weighted by molar-refractivity contribution is 6.16. The fraction of sp³-hybridized carbons (Fsp3) is 0.350. The molecule has 0 atom stereocenters. The third kappa shape index (κ3) is 4.75. The molecule has 1 aromatic rings. The second-order valence-corrected chi connectivity index (χ2v) is 6.64. The Labute approximate surface area is 158 Å². The highest BCUT2D eigenvalue weighted by Crippen LogP contribution is 2.32. The molecule has 0 saturated carbocycles. The third-order valence-electron chi connectivity index (χ3n) is 4.02. The number of carbonyl (C=O) groups excluding carboxylic acids is 3. The van der Waals surface area contributed by atoms with Gasteiger partial charge in [0, 0.05) is 12.2 Å². The molecule has 0 aliphatic carbocycles. The van der Waals surface area contributed by atoms with Crippen molar-refractivity contribution >= 4 is 23.9 Å². The van der Waals surface area contributed by atoms with Crippen LogP contribution in [0.2, 0.25) is 0 Å².